The van der Waals surface area contributed by atoms with Crippen LogP contribution in [0, 0.1) is 0 Å². The molecule has 2 N–H and O–H groups in total. The molecule has 0 radical (unpaired) electrons. The van der Waals surface area contributed by atoms with Crippen molar-refractivity contribution in [2.45, 2.75) is 52.1 Å². The standard InChI is InChI=1S/C16H26N2O/c1-4-13(3)18(5-2)16(19)15(17)12-11-14-9-7-6-8-10-14/h6-10,13,15H,4-5,11-12,17H2,1-3H3. The van der Waals surface area contributed by atoms with E-state index in [1.165, 1.54) is 5.56 Å². The van der Waals surface area contributed by atoms with E-state index in [1.54, 1.807) is 0 Å². The predicted octanol–water partition coefficient (Wildman–Crippen LogP) is 2.59. The molecule has 2 unspecified atom stereocenters. The van der Waals surface area contributed by atoms with Crippen molar-refractivity contribution in [2.24, 2.45) is 5.73 Å². The van der Waals surface area contributed by atoms with Crippen LogP contribution in [0.3, 0.4) is 0 Å². The molecule has 0 spiro atoms. The smallest absolute Gasteiger partial charge is 0.239 e. The zero-order valence-electron chi connectivity index (χ0n) is 12.3. The highest BCUT2D eigenvalue weighted by Crippen LogP contribution is 2.09. The number of nitrogens with zero attached hydrogens (tertiary/aromatic N) is 1. The van der Waals surface area contributed by atoms with E-state index in [1.807, 2.05) is 30.0 Å². The van der Waals surface area contributed by atoms with Crippen LogP contribution >= 0.6 is 0 Å². The Bertz CT molecular complexity index is 378. The minimum Gasteiger partial charge on any atom is -0.339 e. The van der Waals surface area contributed by atoms with Crippen molar-refractivity contribution in [3.05, 3.63) is 35.9 Å². The Labute approximate surface area is 116 Å². The number of hydrogen-bond donors (Lipinski definition) is 1. The third-order valence-corrected chi connectivity index (χ3v) is 3.65. The summed E-state index contributed by atoms with van der Waals surface area (Å²) in [6.07, 6.45) is 2.52. The summed E-state index contributed by atoms with van der Waals surface area (Å²) in [5.74, 6) is 0.0766. The molecule has 1 amide bonds. The summed E-state index contributed by atoms with van der Waals surface area (Å²) < 4.78 is 0. The van der Waals surface area contributed by atoms with Crippen LogP contribution in [0.1, 0.15) is 39.2 Å². The van der Waals surface area contributed by atoms with Crippen molar-refractivity contribution in [1.82, 2.24) is 4.90 Å². The minimum atomic E-state index is -0.394. The molecule has 0 aliphatic carbocycles. The van der Waals surface area contributed by atoms with Gasteiger partial charge in [0.05, 0.1) is 6.04 Å². The van der Waals surface area contributed by atoms with Gasteiger partial charge in [-0.3, -0.25) is 4.79 Å². The first-order chi connectivity index (χ1) is 9.10. The number of hydrogen-bond acceptors (Lipinski definition) is 2. The summed E-state index contributed by atoms with van der Waals surface area (Å²) in [5.41, 5.74) is 7.28. The van der Waals surface area contributed by atoms with Gasteiger partial charge in [0.1, 0.15) is 0 Å². The third-order valence-electron chi connectivity index (χ3n) is 3.65. The second kappa shape index (κ2) is 7.95. The lowest BCUT2D eigenvalue weighted by Gasteiger charge is -2.29. The van der Waals surface area contributed by atoms with E-state index in [4.69, 9.17) is 5.73 Å². The van der Waals surface area contributed by atoms with E-state index < -0.39 is 6.04 Å². The van der Waals surface area contributed by atoms with Crippen molar-refractivity contribution in [1.29, 1.82) is 0 Å². The molecule has 1 aromatic carbocycles. The van der Waals surface area contributed by atoms with E-state index in [0.717, 1.165) is 19.4 Å². The van der Waals surface area contributed by atoms with Gasteiger partial charge in [0.2, 0.25) is 5.91 Å². The summed E-state index contributed by atoms with van der Waals surface area (Å²) >= 11 is 0. The molecule has 1 rings (SSSR count). The van der Waals surface area contributed by atoms with Crippen LogP contribution in [0.15, 0.2) is 30.3 Å². The molecule has 3 heteroatoms. The molecular formula is C16H26N2O. The van der Waals surface area contributed by atoms with Crippen LogP contribution in [-0.2, 0) is 11.2 Å². The Morgan fingerprint density at radius 1 is 1.26 bits per heavy atom. The molecule has 0 heterocycles. The number of aryl methyl sites for hydroxylation is 1. The fourth-order valence-corrected chi connectivity index (χ4v) is 2.21. The van der Waals surface area contributed by atoms with Crippen LogP contribution in [0.25, 0.3) is 0 Å². The maximum atomic E-state index is 12.3. The lowest BCUT2D eigenvalue weighted by molar-refractivity contribution is -0.134. The van der Waals surface area contributed by atoms with E-state index in [9.17, 15) is 4.79 Å². The summed E-state index contributed by atoms with van der Waals surface area (Å²) in [6, 6.07) is 10.0. The number of nitrogens with two attached hydrogens (primary N) is 1. The third kappa shape index (κ3) is 4.67. The zero-order chi connectivity index (χ0) is 14.3. The Kier molecular flexibility index (Phi) is 6.57. The average Bonchev–Trinajstić information content (AvgIpc) is 2.46. The first-order valence-electron chi connectivity index (χ1n) is 7.20. The number of benzene rings is 1. The highest BCUT2D eigenvalue weighted by Gasteiger charge is 2.22. The molecule has 0 aromatic heterocycles. The number of likely N-dealkylation sites (N-methyl/N-ethyl adjacent to an activating group) is 1. The molecule has 1 aromatic rings. The van der Waals surface area contributed by atoms with Crippen molar-refractivity contribution in [2.75, 3.05) is 6.54 Å². The second-order valence-electron chi connectivity index (χ2n) is 5.01. The van der Waals surface area contributed by atoms with Crippen LogP contribution in [0.4, 0.5) is 0 Å². The van der Waals surface area contributed by atoms with Gasteiger partial charge in [-0.25, -0.2) is 0 Å². The maximum absolute atomic E-state index is 12.3. The molecule has 0 bridgehead atoms. The van der Waals surface area contributed by atoms with Gasteiger partial charge in [-0.15, -0.1) is 0 Å². The zero-order valence-corrected chi connectivity index (χ0v) is 12.3. The molecule has 0 fully saturated rings. The highest BCUT2D eigenvalue weighted by atomic mass is 16.2. The van der Waals surface area contributed by atoms with Crippen LogP contribution < -0.4 is 5.73 Å². The van der Waals surface area contributed by atoms with E-state index in [2.05, 4.69) is 26.0 Å². The van der Waals surface area contributed by atoms with Gasteiger partial charge in [-0.1, -0.05) is 37.3 Å². The van der Waals surface area contributed by atoms with Gasteiger partial charge >= 0.3 is 0 Å². The predicted molar refractivity (Wildman–Crippen MR) is 79.9 cm³/mol. The Morgan fingerprint density at radius 3 is 2.42 bits per heavy atom. The van der Waals surface area contributed by atoms with Crippen molar-refractivity contribution >= 4 is 5.91 Å². The lowest BCUT2D eigenvalue weighted by Crippen LogP contribution is -2.47. The van der Waals surface area contributed by atoms with Gasteiger partial charge in [0, 0.05) is 12.6 Å². The van der Waals surface area contributed by atoms with E-state index in [-0.39, 0.29) is 11.9 Å². The van der Waals surface area contributed by atoms with Crippen LogP contribution in [0.5, 0.6) is 0 Å². The number of amides is 1. The fraction of sp³-hybridized carbons (Fsp3) is 0.562. The first kappa shape index (κ1) is 15.7. The van der Waals surface area contributed by atoms with Crippen molar-refractivity contribution < 1.29 is 4.79 Å². The molecular weight excluding hydrogens is 236 g/mol. The number of carbonyl (C=O) groups excluding carboxylic acids is 1. The topological polar surface area (TPSA) is 46.3 Å². The average molecular weight is 262 g/mol. The van der Waals surface area contributed by atoms with Gasteiger partial charge in [-0.05, 0) is 38.7 Å². The molecule has 19 heavy (non-hydrogen) atoms. The normalized spacial score (nSPS) is 13.9. The number of carbonyl (C=O) groups is 1. The Hall–Kier alpha value is -1.35. The quantitative estimate of drug-likeness (QED) is 0.821. The molecule has 2 atom stereocenters. The molecule has 106 valence electrons. The highest BCUT2D eigenvalue weighted by molar-refractivity contribution is 5.81. The summed E-state index contributed by atoms with van der Waals surface area (Å²) in [6.45, 7) is 6.91. The van der Waals surface area contributed by atoms with Gasteiger partial charge in [-0.2, -0.15) is 0 Å². The molecule has 0 aliphatic heterocycles. The SMILES string of the molecule is CCC(C)N(CC)C(=O)C(N)CCc1ccccc1. The van der Waals surface area contributed by atoms with Gasteiger partial charge < -0.3 is 10.6 Å². The van der Waals surface area contributed by atoms with Gasteiger partial charge in [0.15, 0.2) is 0 Å². The first-order valence-corrected chi connectivity index (χ1v) is 7.20. The molecule has 3 nitrogen and oxygen atoms in total. The van der Waals surface area contributed by atoms with Crippen LogP contribution in [-0.4, -0.2) is 29.4 Å². The van der Waals surface area contributed by atoms with Crippen molar-refractivity contribution in [3.63, 3.8) is 0 Å². The number of rotatable bonds is 7. The van der Waals surface area contributed by atoms with Gasteiger partial charge in [0.25, 0.3) is 0 Å². The second-order valence-corrected chi connectivity index (χ2v) is 5.01. The molecule has 0 aliphatic rings. The Morgan fingerprint density at radius 2 is 1.89 bits per heavy atom. The molecule has 0 saturated carbocycles. The monoisotopic (exact) mass is 262 g/mol. The van der Waals surface area contributed by atoms with E-state index >= 15 is 0 Å². The van der Waals surface area contributed by atoms with Crippen LogP contribution in [0.2, 0.25) is 0 Å². The molecule has 0 saturated heterocycles. The largest absolute Gasteiger partial charge is 0.339 e. The summed E-state index contributed by atoms with van der Waals surface area (Å²) in [7, 11) is 0. The lowest BCUT2D eigenvalue weighted by atomic mass is 10.0. The maximum Gasteiger partial charge on any atom is 0.239 e. The minimum absolute atomic E-state index is 0.0766. The van der Waals surface area contributed by atoms with Crippen molar-refractivity contribution in [3.8, 4) is 0 Å². The summed E-state index contributed by atoms with van der Waals surface area (Å²) in [4.78, 5) is 14.2. The fourth-order valence-electron chi connectivity index (χ4n) is 2.21. The Balaban J connectivity index is 2.52. The van der Waals surface area contributed by atoms with E-state index in [0.29, 0.717) is 6.42 Å². The summed E-state index contributed by atoms with van der Waals surface area (Å²) in [5, 5.41) is 0.